The van der Waals surface area contributed by atoms with Crippen LogP contribution in [0.15, 0.2) is 36.4 Å². The van der Waals surface area contributed by atoms with Crippen LogP contribution in [-0.2, 0) is 20.7 Å². The van der Waals surface area contributed by atoms with Crippen molar-refractivity contribution >= 4 is 29.2 Å². The zero-order valence-corrected chi connectivity index (χ0v) is 23.9. The summed E-state index contributed by atoms with van der Waals surface area (Å²) in [6.45, 7) is 6.02. The van der Waals surface area contributed by atoms with E-state index in [2.05, 4.69) is 28.8 Å². The van der Waals surface area contributed by atoms with E-state index >= 15 is 0 Å². The molecule has 3 atom stereocenters. The zero-order chi connectivity index (χ0) is 27.5. The number of amides is 1. The maximum absolute atomic E-state index is 12.8. The Morgan fingerprint density at radius 2 is 1.95 bits per heavy atom. The van der Waals surface area contributed by atoms with Gasteiger partial charge in [-0.05, 0) is 18.4 Å². The number of ether oxygens (including phenoxy) is 2. The van der Waals surface area contributed by atoms with Gasteiger partial charge in [0.1, 0.15) is 18.8 Å². The first-order valence-corrected chi connectivity index (χ1v) is 14.2. The number of aromatic nitrogens is 2. The van der Waals surface area contributed by atoms with Crippen LogP contribution < -0.4 is 10.5 Å². The van der Waals surface area contributed by atoms with Gasteiger partial charge in [-0.1, -0.05) is 62.6 Å². The fraction of sp³-hybridized carbons (Fsp3) is 0.571. The molecule has 1 aromatic carbocycles. The van der Waals surface area contributed by atoms with Crippen molar-refractivity contribution in [1.29, 1.82) is 0 Å². The van der Waals surface area contributed by atoms with Crippen LogP contribution in [-0.4, -0.2) is 82.6 Å². The Bertz CT molecular complexity index is 1080. The SMILES string of the molecule is CCCCCCOc1nsnc1C1=CCC[N+](C)(C(C)OC(=O)CN(C)C(=O)[C@@H](N)Cc2ccccc2)C1. The number of esters is 1. The van der Waals surface area contributed by atoms with Crippen LogP contribution in [0.1, 0.15) is 57.2 Å². The summed E-state index contributed by atoms with van der Waals surface area (Å²) in [7, 11) is 3.65. The van der Waals surface area contributed by atoms with Gasteiger partial charge in [-0.2, -0.15) is 4.37 Å². The van der Waals surface area contributed by atoms with E-state index in [1.807, 2.05) is 37.3 Å². The van der Waals surface area contributed by atoms with Crippen LogP contribution in [0.5, 0.6) is 5.88 Å². The molecule has 0 saturated heterocycles. The van der Waals surface area contributed by atoms with Gasteiger partial charge in [0.15, 0.2) is 0 Å². The van der Waals surface area contributed by atoms with Crippen LogP contribution in [0.25, 0.3) is 5.57 Å². The van der Waals surface area contributed by atoms with E-state index in [0.717, 1.165) is 54.4 Å². The minimum Gasteiger partial charge on any atom is -0.475 e. The summed E-state index contributed by atoms with van der Waals surface area (Å²) in [4.78, 5) is 26.8. The second-order valence-corrected chi connectivity index (χ2v) is 10.8. The van der Waals surface area contributed by atoms with Crippen LogP contribution in [0.4, 0.5) is 0 Å². The molecule has 1 amide bonds. The van der Waals surface area contributed by atoms with Gasteiger partial charge < -0.3 is 20.1 Å². The van der Waals surface area contributed by atoms with Crippen molar-refractivity contribution in [3.05, 3.63) is 47.7 Å². The average Bonchev–Trinajstić information content (AvgIpc) is 3.37. The predicted octanol–water partition coefficient (Wildman–Crippen LogP) is 3.65. The molecule has 2 heterocycles. The Morgan fingerprint density at radius 3 is 2.68 bits per heavy atom. The number of quaternary nitrogens is 1. The molecule has 0 aliphatic carbocycles. The lowest BCUT2D eigenvalue weighted by Crippen LogP contribution is -2.56. The number of hydrogen-bond acceptors (Lipinski definition) is 8. The largest absolute Gasteiger partial charge is 0.475 e. The topological polar surface area (TPSA) is 108 Å². The van der Waals surface area contributed by atoms with E-state index in [-0.39, 0.29) is 12.5 Å². The van der Waals surface area contributed by atoms with Crippen molar-refractivity contribution in [3.8, 4) is 5.88 Å². The molecule has 0 saturated carbocycles. The van der Waals surface area contributed by atoms with Gasteiger partial charge in [0.2, 0.25) is 12.1 Å². The number of benzene rings is 1. The lowest BCUT2D eigenvalue weighted by atomic mass is 10.0. The molecule has 3 rings (SSSR count). The third-order valence-electron chi connectivity index (χ3n) is 7.10. The van der Waals surface area contributed by atoms with Gasteiger partial charge in [-0.15, -0.1) is 4.37 Å². The first-order valence-electron chi connectivity index (χ1n) is 13.5. The number of hydrogen-bond donors (Lipinski definition) is 1. The number of likely N-dealkylation sites (N-methyl/N-ethyl adjacent to an activating group) is 2. The van der Waals surface area contributed by atoms with Crippen molar-refractivity contribution < 1.29 is 23.5 Å². The minimum absolute atomic E-state index is 0.152. The standard InChI is InChI=1S/C28H42N5O4S/c1-5-6-7-11-17-36-27-26(30-38-31-27)23-15-12-16-33(4,20-23)21(2)37-25(34)19-32(3)28(35)24(29)18-22-13-9-8-10-14-22/h8-10,13-15,21,24H,5-7,11-12,16-20,29H2,1-4H3/q+1/t21?,24-,33?/m0/s1. The van der Waals surface area contributed by atoms with Crippen LogP contribution >= 0.6 is 11.7 Å². The minimum atomic E-state index is -0.721. The van der Waals surface area contributed by atoms with E-state index in [4.69, 9.17) is 15.2 Å². The Morgan fingerprint density at radius 1 is 1.18 bits per heavy atom. The third-order valence-corrected chi connectivity index (χ3v) is 7.61. The van der Waals surface area contributed by atoms with Crippen molar-refractivity contribution in [1.82, 2.24) is 13.6 Å². The molecule has 1 aromatic heterocycles. The van der Waals surface area contributed by atoms with Gasteiger partial charge in [0, 0.05) is 26.0 Å². The van der Waals surface area contributed by atoms with Gasteiger partial charge >= 0.3 is 5.97 Å². The zero-order valence-electron chi connectivity index (χ0n) is 23.1. The predicted molar refractivity (Wildman–Crippen MR) is 149 cm³/mol. The molecule has 0 radical (unpaired) electrons. The second kappa shape index (κ2) is 14.4. The lowest BCUT2D eigenvalue weighted by Gasteiger charge is -2.41. The number of unbranched alkanes of at least 4 members (excludes halogenated alkanes) is 3. The number of carbonyl (C=O) groups is 2. The highest BCUT2D eigenvalue weighted by molar-refractivity contribution is 6.99. The second-order valence-electron chi connectivity index (χ2n) is 10.3. The summed E-state index contributed by atoms with van der Waals surface area (Å²) < 4.78 is 21.2. The molecule has 1 aliphatic heterocycles. The maximum Gasteiger partial charge on any atom is 0.330 e. The smallest absolute Gasteiger partial charge is 0.330 e. The van der Waals surface area contributed by atoms with Gasteiger partial charge in [-0.25, -0.2) is 4.79 Å². The molecule has 0 fully saturated rings. The monoisotopic (exact) mass is 544 g/mol. The van der Waals surface area contributed by atoms with Crippen molar-refractivity contribution in [2.75, 3.05) is 40.3 Å². The number of nitrogens with two attached hydrogens (primary N) is 1. The lowest BCUT2D eigenvalue weighted by molar-refractivity contribution is -0.944. The highest BCUT2D eigenvalue weighted by Gasteiger charge is 2.37. The normalized spacial score (nSPS) is 18.8. The summed E-state index contributed by atoms with van der Waals surface area (Å²) in [6.07, 6.45) is 7.54. The first-order chi connectivity index (χ1) is 18.2. The first kappa shape index (κ1) is 29.7. The van der Waals surface area contributed by atoms with E-state index in [1.165, 1.54) is 17.7 Å². The van der Waals surface area contributed by atoms with E-state index in [9.17, 15) is 9.59 Å². The molecule has 208 valence electrons. The third kappa shape index (κ3) is 8.34. The highest BCUT2D eigenvalue weighted by atomic mass is 32.1. The van der Waals surface area contributed by atoms with Gasteiger partial charge in [0.25, 0.3) is 5.88 Å². The number of carbonyl (C=O) groups excluding carboxylic acids is 2. The van der Waals surface area contributed by atoms with E-state index in [0.29, 0.717) is 29.9 Å². The Hall–Kier alpha value is -2.82. The molecule has 10 heteroatoms. The summed E-state index contributed by atoms with van der Waals surface area (Å²) in [6, 6.07) is 8.88. The molecule has 9 nitrogen and oxygen atoms in total. The molecule has 1 aliphatic rings. The fourth-order valence-corrected chi connectivity index (χ4v) is 5.11. The molecule has 0 spiro atoms. The van der Waals surface area contributed by atoms with Crippen LogP contribution in [0.2, 0.25) is 0 Å². The van der Waals surface area contributed by atoms with Crippen molar-refractivity contribution in [2.45, 2.75) is 64.6 Å². The molecule has 2 N–H and O–H groups in total. The Labute approximate surface area is 230 Å². The molecular formula is C28H42N5O4S+. The fourth-order valence-electron chi connectivity index (χ4n) is 4.58. The quantitative estimate of drug-likeness (QED) is 0.220. The molecule has 0 bridgehead atoms. The molecule has 38 heavy (non-hydrogen) atoms. The molecule has 2 unspecified atom stereocenters. The van der Waals surface area contributed by atoms with Crippen LogP contribution in [0, 0.1) is 0 Å². The summed E-state index contributed by atoms with van der Waals surface area (Å²) in [5, 5.41) is 0. The summed E-state index contributed by atoms with van der Waals surface area (Å²) in [5.41, 5.74) is 8.93. The summed E-state index contributed by atoms with van der Waals surface area (Å²) in [5.74, 6) is -0.162. The van der Waals surface area contributed by atoms with Crippen LogP contribution in [0.3, 0.4) is 0 Å². The maximum atomic E-state index is 12.8. The van der Waals surface area contributed by atoms with Gasteiger partial charge in [-0.3, -0.25) is 9.28 Å². The van der Waals surface area contributed by atoms with Gasteiger partial charge in [0.05, 0.1) is 38.0 Å². The number of nitrogens with zero attached hydrogens (tertiary/aromatic N) is 4. The van der Waals surface area contributed by atoms with E-state index < -0.39 is 18.2 Å². The van der Waals surface area contributed by atoms with E-state index in [1.54, 1.807) is 7.05 Å². The van der Waals surface area contributed by atoms with Crippen molar-refractivity contribution in [2.24, 2.45) is 5.73 Å². The average molecular weight is 545 g/mol. The molecular weight excluding hydrogens is 502 g/mol. The summed E-state index contributed by atoms with van der Waals surface area (Å²) >= 11 is 1.15. The Balaban J connectivity index is 1.52. The number of rotatable bonds is 14. The van der Waals surface area contributed by atoms with Crippen molar-refractivity contribution in [3.63, 3.8) is 0 Å². The Kier molecular flexibility index (Phi) is 11.2. The molecule has 2 aromatic rings. The highest BCUT2D eigenvalue weighted by Crippen LogP contribution is 2.31.